The lowest BCUT2D eigenvalue weighted by atomic mass is 10.3. The molecule has 144 valence electrons. The van der Waals surface area contributed by atoms with Gasteiger partial charge in [-0.25, -0.2) is 0 Å². The first-order valence-electron chi connectivity index (χ1n) is 8.12. The zero-order valence-corrected chi connectivity index (χ0v) is 16.7. The van der Waals surface area contributed by atoms with Gasteiger partial charge in [0.25, 0.3) is 5.41 Å². The molecule has 24 heavy (non-hydrogen) atoms. The van der Waals surface area contributed by atoms with E-state index in [4.69, 9.17) is 37.0 Å². The summed E-state index contributed by atoms with van der Waals surface area (Å²) in [5, 5.41) is 0. The maximum atomic E-state index is 5.91. The van der Waals surface area contributed by atoms with Crippen LogP contribution in [0.25, 0.3) is 0 Å². The molecule has 0 N–H and O–H groups in total. The fourth-order valence-electron chi connectivity index (χ4n) is 2.65. The Kier molecular flexibility index (Phi) is 9.86. The van der Waals surface area contributed by atoms with E-state index in [9.17, 15) is 0 Å². The molecule has 1 rings (SSSR count). The van der Waals surface area contributed by atoms with E-state index in [1.807, 2.05) is 6.92 Å². The molecule has 0 aliphatic carbocycles. The molecule has 0 aromatic carbocycles. The van der Waals surface area contributed by atoms with Gasteiger partial charge in [0, 0.05) is 48.8 Å². The summed E-state index contributed by atoms with van der Waals surface area (Å²) in [7, 11) is 4.33. The van der Waals surface area contributed by atoms with Crippen molar-refractivity contribution in [2.75, 3.05) is 62.0 Å². The molecule has 0 amide bonds. The Labute approximate surface area is 146 Å². The van der Waals surface area contributed by atoms with Gasteiger partial charge in [-0.2, -0.15) is 0 Å². The van der Waals surface area contributed by atoms with Crippen molar-refractivity contribution in [1.82, 2.24) is 0 Å². The van der Waals surface area contributed by atoms with E-state index in [0.29, 0.717) is 25.9 Å². The molecule has 2 atom stereocenters. The van der Waals surface area contributed by atoms with Crippen LogP contribution >= 0.6 is 0 Å². The molecule has 1 aliphatic heterocycles. The highest BCUT2D eigenvalue weighted by Gasteiger charge is 2.66. The Morgan fingerprint density at radius 1 is 1.00 bits per heavy atom. The van der Waals surface area contributed by atoms with Crippen molar-refractivity contribution in [3.63, 3.8) is 0 Å². The summed E-state index contributed by atoms with van der Waals surface area (Å²) in [4.78, 5) is 0. The summed E-state index contributed by atoms with van der Waals surface area (Å²) in [5.74, 6) is 0. The molecule has 1 fully saturated rings. The average molecular weight is 368 g/mol. The van der Waals surface area contributed by atoms with Crippen LogP contribution in [0.3, 0.4) is 0 Å². The minimum atomic E-state index is -3.26. The van der Waals surface area contributed by atoms with Gasteiger partial charge in [-0.1, -0.05) is 0 Å². The molecular formula is C15H32O8Si. The molecule has 0 aromatic heterocycles. The Bertz CT molecular complexity index is 323. The first kappa shape index (κ1) is 21.9. The average Bonchev–Trinajstić information content (AvgIpc) is 3.43. The molecule has 1 heterocycles. The van der Waals surface area contributed by atoms with E-state index >= 15 is 0 Å². The fraction of sp³-hybridized carbons (Fsp3) is 1.00. The van der Waals surface area contributed by atoms with Crippen LogP contribution in [0.5, 0.6) is 0 Å². The van der Waals surface area contributed by atoms with Crippen LogP contribution in [-0.4, -0.2) is 88.4 Å². The third-order valence-electron chi connectivity index (χ3n) is 4.13. The van der Waals surface area contributed by atoms with Crippen molar-refractivity contribution in [1.29, 1.82) is 0 Å². The standard InChI is InChI=1S/C15H32O8Si/c1-13(22-10-8-7-9-21-11-14-12-23-14)15(16-2,17-3)24(18-4,19-5)20-6/h13-14H,7-12H2,1-6H3. The van der Waals surface area contributed by atoms with Gasteiger partial charge < -0.3 is 37.0 Å². The van der Waals surface area contributed by atoms with Crippen molar-refractivity contribution in [3.8, 4) is 0 Å². The summed E-state index contributed by atoms with van der Waals surface area (Å²) in [6.07, 6.45) is 1.63. The number of hydrogen-bond acceptors (Lipinski definition) is 8. The van der Waals surface area contributed by atoms with Gasteiger partial charge in [0.1, 0.15) is 12.2 Å². The highest BCUT2D eigenvalue weighted by atomic mass is 28.4. The second-order valence-corrected chi connectivity index (χ2v) is 8.53. The summed E-state index contributed by atoms with van der Waals surface area (Å²) in [5.41, 5.74) is -1.24. The lowest BCUT2D eigenvalue weighted by molar-refractivity contribution is -0.246. The molecular weight excluding hydrogens is 336 g/mol. The number of ether oxygens (including phenoxy) is 5. The zero-order chi connectivity index (χ0) is 18.1. The Hall–Kier alpha value is -0.103. The van der Waals surface area contributed by atoms with Crippen molar-refractivity contribution in [3.05, 3.63) is 0 Å². The van der Waals surface area contributed by atoms with Gasteiger partial charge in [-0.3, -0.25) is 0 Å². The molecule has 1 aliphatic rings. The van der Waals surface area contributed by atoms with Gasteiger partial charge in [0.15, 0.2) is 0 Å². The third-order valence-corrected chi connectivity index (χ3v) is 7.41. The van der Waals surface area contributed by atoms with Crippen LogP contribution in [0.1, 0.15) is 19.8 Å². The number of hydrogen-bond donors (Lipinski definition) is 0. The van der Waals surface area contributed by atoms with Gasteiger partial charge in [0.2, 0.25) is 0 Å². The maximum absolute atomic E-state index is 5.91. The van der Waals surface area contributed by atoms with Crippen molar-refractivity contribution in [2.45, 2.75) is 37.4 Å². The van der Waals surface area contributed by atoms with Crippen LogP contribution in [0.2, 0.25) is 0 Å². The second-order valence-electron chi connectivity index (χ2n) is 5.49. The van der Waals surface area contributed by atoms with Gasteiger partial charge in [-0.15, -0.1) is 0 Å². The van der Waals surface area contributed by atoms with Gasteiger partial charge in [-0.05, 0) is 19.8 Å². The number of rotatable bonds is 15. The van der Waals surface area contributed by atoms with E-state index in [2.05, 4.69) is 0 Å². The first-order valence-corrected chi connectivity index (χ1v) is 9.85. The van der Waals surface area contributed by atoms with Crippen molar-refractivity contribution >= 4 is 8.80 Å². The Morgan fingerprint density at radius 3 is 2.00 bits per heavy atom. The molecule has 2 unspecified atom stereocenters. The Balaban J connectivity index is 2.44. The van der Waals surface area contributed by atoms with E-state index in [-0.39, 0.29) is 0 Å². The monoisotopic (exact) mass is 368 g/mol. The highest BCUT2D eigenvalue weighted by molar-refractivity contribution is 6.63. The third kappa shape index (κ3) is 5.20. The molecule has 1 saturated heterocycles. The highest BCUT2D eigenvalue weighted by Crippen LogP contribution is 2.32. The van der Waals surface area contributed by atoms with Crippen LogP contribution in [0.15, 0.2) is 0 Å². The normalized spacial score (nSPS) is 19.5. The summed E-state index contributed by atoms with van der Waals surface area (Å²) in [6.45, 7) is 4.59. The van der Waals surface area contributed by atoms with E-state index in [1.165, 1.54) is 35.5 Å². The molecule has 8 nitrogen and oxygen atoms in total. The predicted molar refractivity (Wildman–Crippen MR) is 88.7 cm³/mol. The lowest BCUT2D eigenvalue weighted by Crippen LogP contribution is -2.70. The van der Waals surface area contributed by atoms with E-state index in [0.717, 1.165) is 19.4 Å². The Morgan fingerprint density at radius 2 is 1.54 bits per heavy atom. The zero-order valence-electron chi connectivity index (χ0n) is 15.7. The minimum absolute atomic E-state index is 0.306. The van der Waals surface area contributed by atoms with Crippen LogP contribution in [0, 0.1) is 0 Å². The molecule has 0 radical (unpaired) electrons. The van der Waals surface area contributed by atoms with Gasteiger partial charge >= 0.3 is 8.80 Å². The molecule has 0 saturated carbocycles. The maximum Gasteiger partial charge on any atom is 0.565 e. The summed E-state index contributed by atoms with van der Waals surface area (Å²) >= 11 is 0. The lowest BCUT2D eigenvalue weighted by Gasteiger charge is -2.43. The molecule has 0 bridgehead atoms. The van der Waals surface area contributed by atoms with Crippen LogP contribution in [-0.2, 0) is 37.0 Å². The fourth-order valence-corrected chi connectivity index (χ4v) is 5.08. The summed E-state index contributed by atoms with van der Waals surface area (Å²) < 4.78 is 44.3. The first-order chi connectivity index (χ1) is 11.6. The number of unbranched alkanes of at least 4 members (excludes halogenated alkanes) is 1. The predicted octanol–water partition coefficient (Wildman–Crippen LogP) is 0.994. The van der Waals surface area contributed by atoms with Crippen molar-refractivity contribution < 1.29 is 37.0 Å². The molecule has 0 spiro atoms. The second kappa shape index (κ2) is 10.8. The van der Waals surface area contributed by atoms with E-state index < -0.39 is 20.3 Å². The minimum Gasteiger partial charge on any atom is -0.379 e. The van der Waals surface area contributed by atoms with Gasteiger partial charge in [0.05, 0.1) is 13.2 Å². The van der Waals surface area contributed by atoms with Crippen molar-refractivity contribution in [2.24, 2.45) is 0 Å². The smallest absolute Gasteiger partial charge is 0.379 e. The molecule has 0 aromatic rings. The summed E-state index contributed by atoms with van der Waals surface area (Å²) in [6, 6.07) is 0. The SMILES string of the molecule is COC(OC)(C(C)OCCCCOCC1CO1)[Si](OC)(OC)OC. The van der Waals surface area contributed by atoms with Crippen LogP contribution < -0.4 is 0 Å². The quantitative estimate of drug-likeness (QED) is 0.183. The van der Waals surface area contributed by atoms with Crippen LogP contribution in [0.4, 0.5) is 0 Å². The largest absolute Gasteiger partial charge is 0.565 e. The van der Waals surface area contributed by atoms with E-state index in [1.54, 1.807) is 0 Å². The number of epoxide rings is 1. The molecule has 9 heteroatoms. The number of methoxy groups -OCH3 is 2. The topological polar surface area (TPSA) is 77.1 Å².